The van der Waals surface area contributed by atoms with Gasteiger partial charge in [-0.05, 0) is 68.0 Å². The van der Waals surface area contributed by atoms with Crippen molar-refractivity contribution in [1.82, 2.24) is 10.6 Å². The van der Waals surface area contributed by atoms with Gasteiger partial charge in [0, 0.05) is 6.54 Å². The van der Waals surface area contributed by atoms with Crippen molar-refractivity contribution in [2.45, 2.75) is 45.4 Å². The van der Waals surface area contributed by atoms with E-state index in [2.05, 4.69) is 10.6 Å². The fraction of sp³-hybridized carbons (Fsp3) is 0.409. The van der Waals surface area contributed by atoms with Crippen LogP contribution in [0.1, 0.15) is 43.9 Å². The lowest BCUT2D eigenvalue weighted by atomic mass is 10.0. The maximum absolute atomic E-state index is 12.4. The summed E-state index contributed by atoms with van der Waals surface area (Å²) in [7, 11) is 1.65. The van der Waals surface area contributed by atoms with Crippen molar-refractivity contribution in [3.63, 3.8) is 0 Å². The third-order valence-electron chi connectivity index (χ3n) is 4.58. The molecule has 1 atom stereocenters. The minimum atomic E-state index is -0.155. The van der Waals surface area contributed by atoms with E-state index in [1.54, 1.807) is 7.11 Å². The molecule has 0 heterocycles. The maximum atomic E-state index is 12.4. The van der Waals surface area contributed by atoms with Gasteiger partial charge in [0.15, 0.2) is 0 Å². The van der Waals surface area contributed by atoms with Crippen LogP contribution < -0.4 is 20.1 Å². The van der Waals surface area contributed by atoms with Crippen molar-refractivity contribution >= 4 is 6.03 Å². The van der Waals surface area contributed by atoms with Crippen LogP contribution in [-0.2, 0) is 6.54 Å². The van der Waals surface area contributed by atoms with E-state index in [9.17, 15) is 4.79 Å². The minimum Gasteiger partial charge on any atom is -0.497 e. The number of methoxy groups -OCH3 is 1. The zero-order valence-corrected chi connectivity index (χ0v) is 16.2. The number of urea groups is 1. The van der Waals surface area contributed by atoms with Crippen molar-refractivity contribution in [3.8, 4) is 11.5 Å². The molecule has 3 rings (SSSR count). The fourth-order valence-electron chi connectivity index (χ4n) is 3.09. The van der Waals surface area contributed by atoms with Gasteiger partial charge in [-0.25, -0.2) is 4.79 Å². The Bertz CT molecular complexity index is 754. The molecule has 0 radical (unpaired) electrons. The van der Waals surface area contributed by atoms with E-state index >= 15 is 0 Å². The SMILES string of the molecule is COc1ccc(C(NC(=O)NCc2cccc(OC(C)C)c2)C2CC2)cc1. The highest BCUT2D eigenvalue weighted by Gasteiger charge is 2.33. The van der Waals surface area contributed by atoms with Gasteiger partial charge in [-0.2, -0.15) is 0 Å². The van der Waals surface area contributed by atoms with Gasteiger partial charge in [-0.3, -0.25) is 0 Å². The first kappa shape index (κ1) is 19.1. The van der Waals surface area contributed by atoms with Gasteiger partial charge in [0.05, 0.1) is 19.3 Å². The normalized spacial score (nSPS) is 14.5. The molecule has 2 N–H and O–H groups in total. The van der Waals surface area contributed by atoms with E-state index in [1.165, 1.54) is 0 Å². The summed E-state index contributed by atoms with van der Waals surface area (Å²) in [5.41, 5.74) is 2.12. The summed E-state index contributed by atoms with van der Waals surface area (Å²) in [5.74, 6) is 2.15. The van der Waals surface area contributed by atoms with Gasteiger partial charge >= 0.3 is 6.03 Å². The van der Waals surface area contributed by atoms with Gasteiger partial charge in [-0.15, -0.1) is 0 Å². The number of ether oxygens (including phenoxy) is 2. The molecule has 144 valence electrons. The zero-order chi connectivity index (χ0) is 19.2. The van der Waals surface area contributed by atoms with E-state index < -0.39 is 0 Å². The average Bonchev–Trinajstić information content (AvgIpc) is 3.49. The number of hydrogen-bond donors (Lipinski definition) is 2. The molecule has 0 aromatic heterocycles. The van der Waals surface area contributed by atoms with Gasteiger partial charge in [-0.1, -0.05) is 24.3 Å². The van der Waals surface area contributed by atoms with E-state index in [1.807, 2.05) is 62.4 Å². The number of benzene rings is 2. The van der Waals surface area contributed by atoms with Crippen molar-refractivity contribution in [1.29, 1.82) is 0 Å². The Hall–Kier alpha value is -2.69. The third kappa shape index (κ3) is 5.64. The number of amides is 2. The second-order valence-corrected chi connectivity index (χ2v) is 7.23. The second-order valence-electron chi connectivity index (χ2n) is 7.23. The summed E-state index contributed by atoms with van der Waals surface area (Å²) in [5, 5.41) is 6.08. The van der Waals surface area contributed by atoms with Crippen molar-refractivity contribution in [2.24, 2.45) is 5.92 Å². The molecule has 0 bridgehead atoms. The number of carbonyl (C=O) groups excluding carboxylic acids is 1. The largest absolute Gasteiger partial charge is 0.497 e. The van der Waals surface area contributed by atoms with Crippen molar-refractivity contribution < 1.29 is 14.3 Å². The standard InChI is InChI=1S/C22H28N2O3/c1-15(2)27-20-6-4-5-16(13-20)14-23-22(25)24-21(17-7-8-17)18-9-11-19(26-3)12-10-18/h4-6,9-13,15,17,21H,7-8,14H2,1-3H3,(H2,23,24,25). The molecule has 0 spiro atoms. The van der Waals surface area contributed by atoms with Crippen LogP contribution in [0.15, 0.2) is 48.5 Å². The molecule has 5 nitrogen and oxygen atoms in total. The lowest BCUT2D eigenvalue weighted by Gasteiger charge is -2.19. The van der Waals surface area contributed by atoms with Crippen LogP contribution in [0.4, 0.5) is 4.79 Å². The van der Waals surface area contributed by atoms with Crippen LogP contribution in [-0.4, -0.2) is 19.2 Å². The molecule has 2 amide bonds. The minimum absolute atomic E-state index is 0.0338. The van der Waals surface area contributed by atoms with Crippen LogP contribution in [0.3, 0.4) is 0 Å². The monoisotopic (exact) mass is 368 g/mol. The maximum Gasteiger partial charge on any atom is 0.315 e. The first-order chi connectivity index (χ1) is 13.0. The predicted molar refractivity (Wildman–Crippen MR) is 106 cm³/mol. The first-order valence-corrected chi connectivity index (χ1v) is 9.49. The molecule has 1 saturated carbocycles. The Kier molecular flexibility index (Phi) is 6.22. The Labute approximate surface area is 161 Å². The molecular weight excluding hydrogens is 340 g/mol. The van der Waals surface area contributed by atoms with Gasteiger partial charge in [0.1, 0.15) is 11.5 Å². The van der Waals surface area contributed by atoms with Crippen molar-refractivity contribution in [3.05, 3.63) is 59.7 Å². The van der Waals surface area contributed by atoms with Gasteiger partial charge < -0.3 is 20.1 Å². The number of rotatable bonds is 8. The summed E-state index contributed by atoms with van der Waals surface area (Å²) in [6.07, 6.45) is 2.41. The average molecular weight is 368 g/mol. The molecule has 2 aromatic rings. The molecule has 2 aromatic carbocycles. The van der Waals surface area contributed by atoms with Crippen LogP contribution in [0.2, 0.25) is 0 Å². The third-order valence-corrected chi connectivity index (χ3v) is 4.58. The fourth-order valence-corrected chi connectivity index (χ4v) is 3.09. The summed E-state index contributed by atoms with van der Waals surface area (Å²) in [6, 6.07) is 15.6. The molecule has 0 aliphatic heterocycles. The smallest absolute Gasteiger partial charge is 0.315 e. The van der Waals surface area contributed by atoms with E-state index in [-0.39, 0.29) is 18.2 Å². The van der Waals surface area contributed by atoms with Gasteiger partial charge in [0.25, 0.3) is 0 Å². The summed E-state index contributed by atoms with van der Waals surface area (Å²) in [4.78, 5) is 12.4. The summed E-state index contributed by atoms with van der Waals surface area (Å²) >= 11 is 0. The van der Waals surface area contributed by atoms with Crippen LogP contribution in [0.25, 0.3) is 0 Å². The predicted octanol–water partition coefficient (Wildman–Crippen LogP) is 4.43. The van der Waals surface area contributed by atoms with Crippen LogP contribution in [0.5, 0.6) is 11.5 Å². The van der Waals surface area contributed by atoms with Crippen LogP contribution >= 0.6 is 0 Å². The van der Waals surface area contributed by atoms with Gasteiger partial charge in [0.2, 0.25) is 0 Å². The molecule has 5 heteroatoms. The highest BCUT2D eigenvalue weighted by atomic mass is 16.5. The van der Waals surface area contributed by atoms with Crippen molar-refractivity contribution in [2.75, 3.05) is 7.11 Å². The topological polar surface area (TPSA) is 59.6 Å². The van der Waals surface area contributed by atoms with E-state index in [0.29, 0.717) is 12.5 Å². The summed E-state index contributed by atoms with van der Waals surface area (Å²) in [6.45, 7) is 4.45. The first-order valence-electron chi connectivity index (χ1n) is 9.49. The Morgan fingerprint density at radius 3 is 2.48 bits per heavy atom. The van der Waals surface area contributed by atoms with Crippen LogP contribution in [0, 0.1) is 5.92 Å². The number of carbonyl (C=O) groups is 1. The molecule has 1 aliphatic carbocycles. The highest BCUT2D eigenvalue weighted by molar-refractivity contribution is 5.74. The Morgan fingerprint density at radius 1 is 1.11 bits per heavy atom. The molecule has 27 heavy (non-hydrogen) atoms. The number of nitrogens with one attached hydrogen (secondary N) is 2. The Balaban J connectivity index is 1.57. The van der Waals surface area contributed by atoms with E-state index in [4.69, 9.17) is 9.47 Å². The molecular formula is C22H28N2O3. The number of hydrogen-bond acceptors (Lipinski definition) is 3. The quantitative estimate of drug-likeness (QED) is 0.724. The molecule has 0 saturated heterocycles. The molecule has 1 aliphatic rings. The Morgan fingerprint density at radius 2 is 1.85 bits per heavy atom. The molecule has 1 fully saturated rings. The zero-order valence-electron chi connectivity index (χ0n) is 16.2. The lowest BCUT2D eigenvalue weighted by molar-refractivity contribution is 0.234. The lowest BCUT2D eigenvalue weighted by Crippen LogP contribution is -2.38. The van der Waals surface area contributed by atoms with E-state index in [0.717, 1.165) is 35.5 Å². The highest BCUT2D eigenvalue weighted by Crippen LogP contribution is 2.41. The summed E-state index contributed by atoms with van der Waals surface area (Å²) < 4.78 is 10.9. The molecule has 1 unspecified atom stereocenters. The second kappa shape index (κ2) is 8.80.